The fourth-order valence-corrected chi connectivity index (χ4v) is 1.12. The second-order valence-electron chi connectivity index (χ2n) is 3.13. The lowest BCUT2D eigenvalue weighted by Crippen LogP contribution is -2.56. The van der Waals surface area contributed by atoms with Gasteiger partial charge in [-0.05, 0) is 0 Å². The number of imide groups is 1. The number of rotatable bonds is 1. The summed E-state index contributed by atoms with van der Waals surface area (Å²) in [4.78, 5) is 22.3. The Balaban J connectivity index is 2.73. The van der Waals surface area contributed by atoms with Crippen LogP contribution in [0.5, 0.6) is 0 Å². The van der Waals surface area contributed by atoms with Crippen molar-refractivity contribution < 1.29 is 22.8 Å². The molecular weight excluding hydrogens is 201 g/mol. The summed E-state index contributed by atoms with van der Waals surface area (Å²) >= 11 is 0. The first-order valence-corrected chi connectivity index (χ1v) is 3.97. The summed E-state index contributed by atoms with van der Waals surface area (Å²) in [5, 5.41) is 2.20. The largest absolute Gasteiger partial charge is 0.406 e. The summed E-state index contributed by atoms with van der Waals surface area (Å²) in [5.41, 5.74) is 0. The Labute approximate surface area is 78.1 Å². The Hall–Kier alpha value is -1.27. The van der Waals surface area contributed by atoms with E-state index >= 15 is 0 Å². The van der Waals surface area contributed by atoms with Gasteiger partial charge >= 0.3 is 12.2 Å². The molecule has 3 amide bonds. The maximum atomic E-state index is 11.9. The summed E-state index contributed by atoms with van der Waals surface area (Å²) in [7, 11) is 0. The first-order chi connectivity index (χ1) is 6.31. The predicted octanol–water partition coefficient (Wildman–Crippen LogP) is 0.737. The molecule has 0 spiro atoms. The highest BCUT2D eigenvalue weighted by Crippen LogP contribution is 2.19. The fourth-order valence-electron chi connectivity index (χ4n) is 1.12. The van der Waals surface area contributed by atoms with Gasteiger partial charge in [-0.3, -0.25) is 9.69 Å². The Morgan fingerprint density at radius 3 is 2.57 bits per heavy atom. The fraction of sp³-hybridized carbons (Fsp3) is 0.714. The average molecular weight is 210 g/mol. The molecule has 7 heteroatoms. The Kier molecular flexibility index (Phi) is 2.68. The molecule has 4 nitrogen and oxygen atoms in total. The van der Waals surface area contributed by atoms with Crippen molar-refractivity contribution in [1.82, 2.24) is 10.2 Å². The van der Waals surface area contributed by atoms with E-state index in [2.05, 4.69) is 5.32 Å². The van der Waals surface area contributed by atoms with Crippen molar-refractivity contribution >= 4 is 11.9 Å². The molecule has 0 aromatic carbocycles. The highest BCUT2D eigenvalue weighted by molar-refractivity contribution is 5.97. The number of urea groups is 1. The maximum Gasteiger partial charge on any atom is 0.406 e. The van der Waals surface area contributed by atoms with Crippen LogP contribution in [0.2, 0.25) is 0 Å². The molecule has 1 aliphatic heterocycles. The van der Waals surface area contributed by atoms with Gasteiger partial charge in [0.25, 0.3) is 0 Å². The number of amides is 3. The number of carbonyl (C=O) groups excluding carboxylic acids is 2. The Bertz CT molecular complexity index is 264. The third kappa shape index (κ3) is 2.36. The van der Waals surface area contributed by atoms with Crippen molar-refractivity contribution in [2.24, 2.45) is 5.92 Å². The summed E-state index contributed by atoms with van der Waals surface area (Å²) in [6.45, 7) is 0.0270. The molecule has 0 radical (unpaired) electrons. The van der Waals surface area contributed by atoms with E-state index in [-0.39, 0.29) is 11.4 Å². The molecule has 1 saturated heterocycles. The van der Waals surface area contributed by atoms with Gasteiger partial charge in [-0.15, -0.1) is 0 Å². The van der Waals surface area contributed by atoms with E-state index in [1.54, 1.807) is 0 Å². The highest BCUT2D eigenvalue weighted by Gasteiger charge is 2.39. The van der Waals surface area contributed by atoms with Gasteiger partial charge in [-0.1, -0.05) is 6.92 Å². The molecule has 1 heterocycles. The van der Waals surface area contributed by atoms with Crippen LogP contribution in [0.25, 0.3) is 0 Å². The van der Waals surface area contributed by atoms with Gasteiger partial charge in [-0.25, -0.2) is 4.79 Å². The molecule has 1 fully saturated rings. The molecule has 1 aliphatic rings. The molecule has 0 saturated carbocycles. The molecule has 1 N–H and O–H groups in total. The number of alkyl halides is 3. The van der Waals surface area contributed by atoms with Crippen LogP contribution in [-0.2, 0) is 4.79 Å². The average Bonchev–Trinajstić information content (AvgIpc) is 2.04. The lowest BCUT2D eigenvalue weighted by Gasteiger charge is -2.29. The topological polar surface area (TPSA) is 49.4 Å². The van der Waals surface area contributed by atoms with Gasteiger partial charge < -0.3 is 5.32 Å². The monoisotopic (exact) mass is 210 g/mol. The second-order valence-corrected chi connectivity index (χ2v) is 3.13. The number of nitrogens with one attached hydrogen (secondary N) is 1. The van der Waals surface area contributed by atoms with E-state index < -0.39 is 30.6 Å². The molecule has 1 rings (SSSR count). The first kappa shape index (κ1) is 10.8. The van der Waals surface area contributed by atoms with Crippen molar-refractivity contribution in [2.45, 2.75) is 13.1 Å². The van der Waals surface area contributed by atoms with Gasteiger partial charge in [0, 0.05) is 6.54 Å². The number of carbonyl (C=O) groups is 2. The van der Waals surface area contributed by atoms with Gasteiger partial charge in [0.15, 0.2) is 0 Å². The van der Waals surface area contributed by atoms with Crippen molar-refractivity contribution in [1.29, 1.82) is 0 Å². The van der Waals surface area contributed by atoms with Crippen LogP contribution >= 0.6 is 0 Å². The van der Waals surface area contributed by atoms with Crippen LogP contribution < -0.4 is 5.32 Å². The number of hydrogen-bond acceptors (Lipinski definition) is 2. The minimum absolute atomic E-state index is 0.0893. The molecule has 1 unspecified atom stereocenters. The molecular formula is C7H9F3N2O2. The lowest BCUT2D eigenvalue weighted by molar-refractivity contribution is -0.158. The maximum absolute atomic E-state index is 11.9. The lowest BCUT2D eigenvalue weighted by atomic mass is 10.1. The zero-order chi connectivity index (χ0) is 10.9. The molecule has 80 valence electrons. The molecule has 14 heavy (non-hydrogen) atoms. The number of hydrogen-bond donors (Lipinski definition) is 1. The van der Waals surface area contributed by atoms with Crippen LogP contribution in [0.3, 0.4) is 0 Å². The Morgan fingerprint density at radius 2 is 2.07 bits per heavy atom. The normalized spacial score (nSPS) is 23.7. The van der Waals surface area contributed by atoms with Crippen molar-refractivity contribution in [2.75, 3.05) is 13.1 Å². The van der Waals surface area contributed by atoms with Crippen molar-refractivity contribution in [3.8, 4) is 0 Å². The Morgan fingerprint density at radius 1 is 1.50 bits per heavy atom. The summed E-state index contributed by atoms with van der Waals surface area (Å²) in [6, 6.07) is -0.981. The SMILES string of the molecule is CC1CNC(=O)N(CC(F)(F)F)C1=O. The van der Waals surface area contributed by atoms with E-state index in [9.17, 15) is 22.8 Å². The van der Waals surface area contributed by atoms with Gasteiger partial charge in [0.05, 0.1) is 5.92 Å². The van der Waals surface area contributed by atoms with E-state index in [1.807, 2.05) is 0 Å². The predicted molar refractivity (Wildman–Crippen MR) is 40.3 cm³/mol. The quantitative estimate of drug-likeness (QED) is 0.693. The van der Waals surface area contributed by atoms with Crippen LogP contribution in [0.15, 0.2) is 0 Å². The molecule has 1 atom stereocenters. The number of halogens is 3. The molecule has 0 aromatic rings. The second kappa shape index (κ2) is 3.47. The van der Waals surface area contributed by atoms with Crippen LogP contribution in [-0.4, -0.2) is 36.1 Å². The zero-order valence-electron chi connectivity index (χ0n) is 7.39. The van der Waals surface area contributed by atoms with E-state index in [0.29, 0.717) is 0 Å². The smallest absolute Gasteiger partial charge is 0.337 e. The van der Waals surface area contributed by atoms with Crippen LogP contribution in [0.4, 0.5) is 18.0 Å². The highest BCUT2D eigenvalue weighted by atomic mass is 19.4. The van der Waals surface area contributed by atoms with Gasteiger partial charge in [0.1, 0.15) is 6.54 Å². The van der Waals surface area contributed by atoms with E-state index in [1.165, 1.54) is 6.92 Å². The van der Waals surface area contributed by atoms with Crippen molar-refractivity contribution in [3.05, 3.63) is 0 Å². The van der Waals surface area contributed by atoms with E-state index in [4.69, 9.17) is 0 Å². The van der Waals surface area contributed by atoms with Crippen LogP contribution in [0, 0.1) is 5.92 Å². The minimum Gasteiger partial charge on any atom is -0.337 e. The number of nitrogens with zero attached hydrogens (tertiary/aromatic N) is 1. The van der Waals surface area contributed by atoms with Gasteiger partial charge in [0.2, 0.25) is 5.91 Å². The zero-order valence-corrected chi connectivity index (χ0v) is 7.39. The van der Waals surface area contributed by atoms with E-state index in [0.717, 1.165) is 0 Å². The molecule has 0 aromatic heterocycles. The third-order valence-electron chi connectivity index (χ3n) is 1.83. The van der Waals surface area contributed by atoms with Crippen molar-refractivity contribution in [3.63, 3.8) is 0 Å². The third-order valence-corrected chi connectivity index (χ3v) is 1.83. The summed E-state index contributed by atoms with van der Waals surface area (Å²) < 4.78 is 35.8. The van der Waals surface area contributed by atoms with Crippen LogP contribution in [0.1, 0.15) is 6.92 Å². The standard InChI is InChI=1S/C7H9F3N2O2/c1-4-2-11-6(14)12(5(4)13)3-7(8,9)10/h4H,2-3H2,1H3,(H,11,14). The minimum atomic E-state index is -4.55. The summed E-state index contributed by atoms with van der Waals surface area (Å²) in [6.07, 6.45) is -4.55. The van der Waals surface area contributed by atoms with Gasteiger partial charge in [-0.2, -0.15) is 13.2 Å². The first-order valence-electron chi connectivity index (χ1n) is 3.97. The molecule has 0 aliphatic carbocycles. The molecule has 0 bridgehead atoms. The summed E-state index contributed by atoms with van der Waals surface area (Å²) in [5.74, 6) is -1.39.